The Morgan fingerprint density at radius 1 is 0.308 bits per heavy atom. The van der Waals surface area contributed by atoms with E-state index in [-0.39, 0.29) is 25.7 Å². The molecular weight excluding hydrogens is 1200 g/mol. The van der Waals surface area contributed by atoms with Crippen molar-refractivity contribution in [3.05, 3.63) is 0 Å². The molecule has 6 atom stereocenters. The van der Waals surface area contributed by atoms with Crippen LogP contribution >= 0.6 is 15.6 Å². The lowest BCUT2D eigenvalue weighted by Crippen LogP contribution is -2.30. The summed E-state index contributed by atoms with van der Waals surface area (Å²) in [6.07, 6.45) is 44.5. The van der Waals surface area contributed by atoms with Crippen LogP contribution in [-0.2, 0) is 65.4 Å². The lowest BCUT2D eigenvalue weighted by molar-refractivity contribution is -0.161. The zero-order chi connectivity index (χ0) is 67.5. The van der Waals surface area contributed by atoms with E-state index < -0.39 is 97.5 Å². The van der Waals surface area contributed by atoms with Gasteiger partial charge in [-0.15, -0.1) is 0 Å². The van der Waals surface area contributed by atoms with Crippen molar-refractivity contribution in [1.29, 1.82) is 0 Å². The van der Waals surface area contributed by atoms with Gasteiger partial charge in [0.1, 0.15) is 19.3 Å². The van der Waals surface area contributed by atoms with Crippen LogP contribution in [0.3, 0.4) is 0 Å². The van der Waals surface area contributed by atoms with Gasteiger partial charge in [0.05, 0.1) is 26.4 Å². The first-order valence-electron chi connectivity index (χ1n) is 37.2. The van der Waals surface area contributed by atoms with Crippen molar-refractivity contribution in [2.45, 2.75) is 375 Å². The van der Waals surface area contributed by atoms with Crippen molar-refractivity contribution in [2.75, 3.05) is 39.6 Å². The average Bonchev–Trinajstić information content (AvgIpc) is 3.18. The first-order chi connectivity index (χ1) is 43.6. The molecule has 0 aromatic carbocycles. The molecule has 0 aliphatic carbocycles. The maximum Gasteiger partial charge on any atom is 0.472 e. The van der Waals surface area contributed by atoms with Crippen LogP contribution in [0.25, 0.3) is 0 Å². The number of phosphoric ester groups is 2. The second-order valence-electron chi connectivity index (χ2n) is 27.6. The molecule has 0 saturated carbocycles. The minimum Gasteiger partial charge on any atom is -0.462 e. The molecule has 0 aromatic heterocycles. The van der Waals surface area contributed by atoms with Gasteiger partial charge in [0.25, 0.3) is 0 Å². The SMILES string of the molecule is CCC(C)CCCCCCCCC(=O)O[C@H](COC(=O)CCCCCCCCCCC(C)C)COP(=O)(O)OCC(O)COP(=O)(O)OC[C@@H](COC(=O)CCCCCCCCCCCCCCC(C)C)OC(=O)CCCCCCCCCCCCCCC(C)C. The van der Waals surface area contributed by atoms with Crippen molar-refractivity contribution in [3.8, 4) is 0 Å². The van der Waals surface area contributed by atoms with Crippen molar-refractivity contribution < 1.29 is 80.2 Å². The van der Waals surface area contributed by atoms with Crippen LogP contribution < -0.4 is 0 Å². The molecule has 0 saturated heterocycles. The van der Waals surface area contributed by atoms with Crippen molar-refractivity contribution in [3.63, 3.8) is 0 Å². The van der Waals surface area contributed by atoms with Gasteiger partial charge in [-0.25, -0.2) is 9.13 Å². The molecule has 3 N–H and O–H groups in total. The Morgan fingerprint density at radius 3 is 0.780 bits per heavy atom. The minimum atomic E-state index is -4.95. The highest BCUT2D eigenvalue weighted by atomic mass is 31.2. The number of carbonyl (C=O) groups excluding carboxylic acids is 4. The largest absolute Gasteiger partial charge is 0.472 e. The van der Waals surface area contributed by atoms with Gasteiger partial charge in [-0.1, -0.05) is 306 Å². The van der Waals surface area contributed by atoms with E-state index in [2.05, 4.69) is 55.4 Å². The van der Waals surface area contributed by atoms with E-state index >= 15 is 0 Å². The van der Waals surface area contributed by atoms with E-state index in [9.17, 15) is 43.2 Å². The summed E-state index contributed by atoms with van der Waals surface area (Å²) in [6.45, 7) is 14.1. The van der Waals surface area contributed by atoms with Gasteiger partial charge in [-0.3, -0.25) is 37.3 Å². The van der Waals surface area contributed by atoms with E-state index in [1.54, 1.807) is 0 Å². The van der Waals surface area contributed by atoms with E-state index in [1.807, 2.05) is 0 Å². The predicted octanol–water partition coefficient (Wildman–Crippen LogP) is 20.5. The van der Waals surface area contributed by atoms with Gasteiger partial charge in [-0.05, 0) is 49.4 Å². The Morgan fingerprint density at radius 2 is 0.527 bits per heavy atom. The third kappa shape index (κ3) is 65.1. The fraction of sp³-hybridized carbons (Fsp3) is 0.944. The first kappa shape index (κ1) is 89.1. The third-order valence-corrected chi connectivity index (χ3v) is 18.8. The molecule has 4 unspecified atom stereocenters. The number of aliphatic hydroxyl groups excluding tert-OH is 1. The summed E-state index contributed by atoms with van der Waals surface area (Å²) in [7, 11) is -9.91. The highest BCUT2D eigenvalue weighted by Gasteiger charge is 2.30. The molecule has 0 spiro atoms. The fourth-order valence-corrected chi connectivity index (χ4v) is 12.4. The van der Waals surface area contributed by atoms with Crippen LogP contribution in [-0.4, -0.2) is 96.7 Å². The first-order valence-corrected chi connectivity index (χ1v) is 40.2. The van der Waals surface area contributed by atoms with E-state index in [4.69, 9.17) is 37.0 Å². The van der Waals surface area contributed by atoms with Crippen molar-refractivity contribution in [2.24, 2.45) is 23.7 Å². The summed E-state index contributed by atoms with van der Waals surface area (Å²) in [6, 6.07) is 0. The molecule has 0 fully saturated rings. The van der Waals surface area contributed by atoms with Crippen LogP contribution in [0.1, 0.15) is 357 Å². The molecule has 0 heterocycles. The van der Waals surface area contributed by atoms with Crippen LogP contribution in [0.4, 0.5) is 0 Å². The van der Waals surface area contributed by atoms with Crippen LogP contribution in [0.15, 0.2) is 0 Å². The summed E-state index contributed by atoms with van der Waals surface area (Å²) < 4.78 is 68.4. The maximum atomic E-state index is 13.0. The summed E-state index contributed by atoms with van der Waals surface area (Å²) >= 11 is 0. The molecule has 0 aliphatic heterocycles. The normalized spacial score (nSPS) is 14.5. The van der Waals surface area contributed by atoms with Crippen LogP contribution in [0, 0.1) is 23.7 Å². The fourth-order valence-electron chi connectivity index (χ4n) is 10.8. The smallest absolute Gasteiger partial charge is 0.462 e. The number of hydrogen-bond acceptors (Lipinski definition) is 15. The Labute approximate surface area is 556 Å². The number of unbranched alkanes of at least 4 members (excludes halogenated alkanes) is 34. The monoisotopic (exact) mass is 1340 g/mol. The molecular formula is C72H140O17P2. The number of aliphatic hydroxyl groups is 1. The molecule has 17 nitrogen and oxygen atoms in total. The Balaban J connectivity index is 5.25. The van der Waals surface area contributed by atoms with Gasteiger partial charge in [0.15, 0.2) is 12.2 Å². The summed E-state index contributed by atoms with van der Waals surface area (Å²) in [5, 5.41) is 10.6. The Kier molecular flexibility index (Phi) is 60.3. The molecule has 91 heavy (non-hydrogen) atoms. The second kappa shape index (κ2) is 61.6. The standard InChI is InChI=1S/C72H140O17P2/c1-9-65(8)51-43-35-30-31-39-47-55-72(77)89-68(59-83-70(75)53-45-37-28-23-22-26-34-42-50-64(6)7)61-87-91(80,81)85-57-66(73)56-84-90(78,79)86-60-67(88-71(76)54-46-38-29-21-17-13-11-15-19-25-33-41-49-63(4)5)58-82-69(74)52-44-36-27-20-16-12-10-14-18-24-32-40-48-62(2)3/h62-68,73H,9-61H2,1-8H3,(H,78,79)(H,80,81)/t65?,66?,67-,68-/m1/s1. The van der Waals surface area contributed by atoms with E-state index in [0.717, 1.165) is 114 Å². The number of rotatable bonds is 69. The number of carbonyl (C=O) groups is 4. The molecule has 540 valence electrons. The third-order valence-electron chi connectivity index (χ3n) is 16.9. The lowest BCUT2D eigenvalue weighted by atomic mass is 10.00. The molecule has 0 rings (SSSR count). The summed E-state index contributed by atoms with van der Waals surface area (Å²) in [5.74, 6) is 0.876. The quantitative estimate of drug-likeness (QED) is 0.0222. The zero-order valence-corrected chi connectivity index (χ0v) is 61.3. The van der Waals surface area contributed by atoms with Gasteiger partial charge < -0.3 is 33.8 Å². The maximum absolute atomic E-state index is 13.0. The van der Waals surface area contributed by atoms with Gasteiger partial charge in [-0.2, -0.15) is 0 Å². The second-order valence-corrected chi connectivity index (χ2v) is 30.6. The van der Waals surface area contributed by atoms with Crippen LogP contribution in [0.5, 0.6) is 0 Å². The zero-order valence-electron chi connectivity index (χ0n) is 59.5. The van der Waals surface area contributed by atoms with Crippen molar-refractivity contribution >= 4 is 39.5 Å². The minimum absolute atomic E-state index is 0.102. The summed E-state index contributed by atoms with van der Waals surface area (Å²) in [5.41, 5.74) is 0. The molecule has 0 aliphatic rings. The Bertz CT molecular complexity index is 1800. The van der Waals surface area contributed by atoms with Gasteiger partial charge >= 0.3 is 39.5 Å². The molecule has 0 bridgehead atoms. The van der Waals surface area contributed by atoms with Crippen LogP contribution in [0.2, 0.25) is 0 Å². The highest BCUT2D eigenvalue weighted by molar-refractivity contribution is 7.47. The molecule has 0 aromatic rings. The van der Waals surface area contributed by atoms with E-state index in [1.165, 1.54) is 161 Å². The average molecular weight is 1340 g/mol. The highest BCUT2D eigenvalue weighted by Crippen LogP contribution is 2.45. The number of hydrogen-bond donors (Lipinski definition) is 3. The van der Waals surface area contributed by atoms with Crippen molar-refractivity contribution in [1.82, 2.24) is 0 Å². The van der Waals surface area contributed by atoms with Gasteiger partial charge in [0.2, 0.25) is 0 Å². The number of phosphoric acid groups is 2. The van der Waals surface area contributed by atoms with Gasteiger partial charge in [0, 0.05) is 25.7 Å². The number of ether oxygens (including phenoxy) is 4. The topological polar surface area (TPSA) is 237 Å². The predicted molar refractivity (Wildman–Crippen MR) is 367 cm³/mol. The van der Waals surface area contributed by atoms with E-state index in [0.29, 0.717) is 25.7 Å². The Hall–Kier alpha value is -1.94. The number of esters is 4. The summed E-state index contributed by atoms with van der Waals surface area (Å²) in [4.78, 5) is 72.6. The molecule has 0 radical (unpaired) electrons. The molecule has 0 amide bonds. The molecule has 19 heteroatoms. The lowest BCUT2D eigenvalue weighted by Gasteiger charge is -2.21.